The van der Waals surface area contributed by atoms with E-state index in [0.717, 1.165) is 25.7 Å². The van der Waals surface area contributed by atoms with Crippen molar-refractivity contribution in [2.45, 2.75) is 74.1 Å². The molecule has 0 aromatic rings. The monoisotopic (exact) mass is 459 g/mol. The van der Waals surface area contributed by atoms with Crippen LogP contribution >= 0.6 is 0 Å². The maximum absolute atomic E-state index is 11.7. The largest absolute Gasteiger partial charge is 0.411 e. The third kappa shape index (κ3) is 3.95. The first-order chi connectivity index (χ1) is 15.8. The van der Waals surface area contributed by atoms with Crippen molar-refractivity contribution in [2.24, 2.45) is 38.7 Å². The zero-order chi connectivity index (χ0) is 25.9. The lowest BCUT2D eigenvalue weighted by molar-refractivity contribution is -0.141. The summed E-state index contributed by atoms with van der Waals surface area (Å²) in [5.41, 5.74) is -0.292. The standard InChI is InChI=1S/C10H15NO2.C10H14O2.C9H4/c1-9(2)6-4-5-10(9,3)8(11-13)7(6)12;1-9(2)6-4-5-10(9,3)8(12)7(6)11;1-3-5-7-9-8-6-4-2/h6,13H,4-5H2,1-3H3;6H,4-5H2,1-3H3;1H,2H3/b11-8-;;. The predicted octanol–water partition coefficient (Wildman–Crippen LogP) is 4.07. The summed E-state index contributed by atoms with van der Waals surface area (Å²) in [4.78, 5) is 34.7. The Kier molecular flexibility index (Phi) is 7.56. The van der Waals surface area contributed by atoms with Crippen molar-refractivity contribution in [1.82, 2.24) is 0 Å². The van der Waals surface area contributed by atoms with Gasteiger partial charge in [-0.2, -0.15) is 0 Å². The quantitative estimate of drug-likeness (QED) is 0.256. The van der Waals surface area contributed by atoms with Crippen LogP contribution in [0.15, 0.2) is 5.16 Å². The molecule has 0 heterocycles. The average Bonchev–Trinajstić information content (AvgIpc) is 3.26. The molecule has 34 heavy (non-hydrogen) atoms. The summed E-state index contributed by atoms with van der Waals surface area (Å²) in [5.74, 6) is 16.9. The van der Waals surface area contributed by atoms with Gasteiger partial charge in [0.05, 0.1) is 0 Å². The smallest absolute Gasteiger partial charge is 0.205 e. The molecule has 4 rings (SSSR count). The van der Waals surface area contributed by atoms with Gasteiger partial charge < -0.3 is 5.21 Å². The zero-order valence-electron chi connectivity index (χ0n) is 21.2. The molecule has 0 aromatic heterocycles. The molecule has 4 fully saturated rings. The van der Waals surface area contributed by atoms with Crippen LogP contribution in [0.25, 0.3) is 0 Å². The molecule has 0 saturated heterocycles. The first-order valence-electron chi connectivity index (χ1n) is 11.5. The second kappa shape index (κ2) is 9.53. The van der Waals surface area contributed by atoms with Crippen molar-refractivity contribution in [2.75, 3.05) is 0 Å². The number of Topliss-reactive ketones (excluding diaryl/α,β-unsaturated/α-hetero) is 3. The summed E-state index contributed by atoms with van der Waals surface area (Å²) in [6.07, 6.45) is 8.54. The summed E-state index contributed by atoms with van der Waals surface area (Å²) in [7, 11) is 0. The minimum atomic E-state index is -0.352. The van der Waals surface area contributed by atoms with Gasteiger partial charge in [-0.1, -0.05) is 52.6 Å². The fourth-order valence-corrected chi connectivity index (χ4v) is 5.97. The van der Waals surface area contributed by atoms with Crippen LogP contribution in [0.1, 0.15) is 74.1 Å². The van der Waals surface area contributed by atoms with E-state index in [2.05, 4.69) is 60.4 Å². The van der Waals surface area contributed by atoms with Gasteiger partial charge in [0.2, 0.25) is 11.6 Å². The third-order valence-electron chi connectivity index (χ3n) is 9.11. The van der Waals surface area contributed by atoms with Gasteiger partial charge in [0.25, 0.3) is 0 Å². The molecular formula is C29H33NO4. The van der Waals surface area contributed by atoms with E-state index in [4.69, 9.17) is 11.6 Å². The van der Waals surface area contributed by atoms with E-state index >= 15 is 0 Å². The minimum absolute atomic E-state index is 0.00926. The zero-order valence-corrected chi connectivity index (χ0v) is 21.2. The number of terminal acetylenes is 1. The highest BCUT2D eigenvalue weighted by atomic mass is 16.4. The lowest BCUT2D eigenvalue weighted by Gasteiger charge is -2.32. The van der Waals surface area contributed by atoms with Gasteiger partial charge in [0, 0.05) is 22.7 Å². The van der Waals surface area contributed by atoms with E-state index in [1.165, 1.54) is 0 Å². The number of oxime groups is 1. The van der Waals surface area contributed by atoms with Gasteiger partial charge in [0.15, 0.2) is 5.78 Å². The molecule has 4 saturated carbocycles. The summed E-state index contributed by atoms with van der Waals surface area (Å²) in [6.45, 7) is 14.0. The molecule has 5 nitrogen and oxygen atoms in total. The second-order valence-electron chi connectivity index (χ2n) is 10.8. The number of rotatable bonds is 0. The Hall–Kier alpha value is -3.28. The van der Waals surface area contributed by atoms with Gasteiger partial charge in [-0.05, 0) is 79.0 Å². The van der Waals surface area contributed by atoms with Crippen LogP contribution in [0.2, 0.25) is 0 Å². The van der Waals surface area contributed by atoms with Gasteiger partial charge in [-0.3, -0.25) is 14.4 Å². The SMILES string of the molecule is C#CC#CC#CC#CC.CC12CCC(C(=O)/C1=N/O)C2(C)C.CC12CCC(C(=O)C1=O)C2(C)C. The van der Waals surface area contributed by atoms with E-state index in [1.54, 1.807) is 6.92 Å². The average molecular weight is 460 g/mol. The van der Waals surface area contributed by atoms with Crippen LogP contribution < -0.4 is 0 Å². The van der Waals surface area contributed by atoms with Crippen molar-refractivity contribution in [3.05, 3.63) is 0 Å². The molecule has 0 spiro atoms. The van der Waals surface area contributed by atoms with Crippen molar-refractivity contribution in [3.63, 3.8) is 0 Å². The molecule has 4 aliphatic carbocycles. The number of fused-ring (bicyclic) bond motifs is 4. The summed E-state index contributed by atoms with van der Waals surface area (Å²) >= 11 is 0. The van der Waals surface area contributed by atoms with E-state index < -0.39 is 0 Å². The van der Waals surface area contributed by atoms with Crippen LogP contribution in [0, 0.1) is 81.4 Å². The normalized spacial score (nSPS) is 33.6. The summed E-state index contributed by atoms with van der Waals surface area (Å²) < 4.78 is 0. The van der Waals surface area contributed by atoms with E-state index in [-0.39, 0.29) is 50.8 Å². The molecule has 5 heteroatoms. The van der Waals surface area contributed by atoms with Crippen molar-refractivity contribution >= 4 is 23.1 Å². The Morgan fingerprint density at radius 1 is 0.794 bits per heavy atom. The first-order valence-corrected chi connectivity index (χ1v) is 11.5. The molecule has 1 N–H and O–H groups in total. The number of nitrogens with zero attached hydrogens (tertiary/aromatic N) is 1. The molecule has 0 amide bonds. The molecule has 0 radical (unpaired) electrons. The highest BCUT2D eigenvalue weighted by Crippen LogP contribution is 2.63. The van der Waals surface area contributed by atoms with Gasteiger partial charge >= 0.3 is 0 Å². The number of ketones is 3. The molecule has 0 aromatic carbocycles. The molecule has 4 bridgehead atoms. The highest BCUT2D eigenvalue weighted by molar-refractivity contribution is 6.45. The molecular weight excluding hydrogens is 426 g/mol. The van der Waals surface area contributed by atoms with Crippen LogP contribution in [0.4, 0.5) is 0 Å². The Morgan fingerprint density at radius 2 is 1.26 bits per heavy atom. The maximum Gasteiger partial charge on any atom is 0.205 e. The molecule has 178 valence electrons. The minimum Gasteiger partial charge on any atom is -0.411 e. The van der Waals surface area contributed by atoms with Crippen LogP contribution in [0.5, 0.6) is 0 Å². The van der Waals surface area contributed by atoms with Gasteiger partial charge in [-0.25, -0.2) is 0 Å². The van der Waals surface area contributed by atoms with Crippen LogP contribution in [-0.4, -0.2) is 28.3 Å². The highest BCUT2D eigenvalue weighted by Gasteiger charge is 2.66. The Labute approximate surface area is 203 Å². The lowest BCUT2D eigenvalue weighted by atomic mass is 9.70. The van der Waals surface area contributed by atoms with Crippen molar-refractivity contribution < 1.29 is 19.6 Å². The lowest BCUT2D eigenvalue weighted by Crippen LogP contribution is -2.33. The molecule has 0 aliphatic heterocycles. The number of carbonyl (C=O) groups excluding carboxylic acids is 3. The van der Waals surface area contributed by atoms with Crippen LogP contribution in [0.3, 0.4) is 0 Å². The van der Waals surface area contributed by atoms with E-state index in [9.17, 15) is 14.4 Å². The Bertz CT molecular complexity index is 1160. The molecule has 4 unspecified atom stereocenters. The Balaban J connectivity index is 0.000000184. The predicted molar refractivity (Wildman–Crippen MR) is 131 cm³/mol. The molecule has 4 atom stereocenters. The topological polar surface area (TPSA) is 83.8 Å². The summed E-state index contributed by atoms with van der Waals surface area (Å²) in [6, 6.07) is 0. The van der Waals surface area contributed by atoms with E-state index in [1.807, 2.05) is 27.7 Å². The fraction of sp³-hybridized carbons (Fsp3) is 0.586. The first kappa shape index (κ1) is 27.0. The maximum atomic E-state index is 11.7. The van der Waals surface area contributed by atoms with Crippen molar-refractivity contribution in [3.8, 4) is 47.9 Å². The number of hydrogen-bond acceptors (Lipinski definition) is 5. The van der Waals surface area contributed by atoms with Crippen molar-refractivity contribution in [1.29, 1.82) is 0 Å². The second-order valence-corrected chi connectivity index (χ2v) is 10.8. The van der Waals surface area contributed by atoms with Gasteiger partial charge in [0.1, 0.15) is 5.71 Å². The Morgan fingerprint density at radius 3 is 1.59 bits per heavy atom. The van der Waals surface area contributed by atoms with E-state index in [0.29, 0.717) is 5.71 Å². The third-order valence-corrected chi connectivity index (χ3v) is 9.11. The number of carbonyl (C=O) groups is 3. The molecule has 4 aliphatic rings. The van der Waals surface area contributed by atoms with Crippen LogP contribution in [-0.2, 0) is 14.4 Å². The number of hydrogen-bond donors (Lipinski definition) is 1. The summed E-state index contributed by atoms with van der Waals surface area (Å²) in [5, 5.41) is 12.0. The fourth-order valence-electron chi connectivity index (χ4n) is 5.97. The van der Waals surface area contributed by atoms with Gasteiger partial charge in [-0.15, -0.1) is 6.42 Å².